The zero-order chi connectivity index (χ0) is 25.5. The fraction of sp³-hybridized carbons (Fsp3) is 0. The Morgan fingerprint density at radius 1 is 0.282 bits per heavy atom. The molecule has 9 rings (SSSR count). The molecule has 0 saturated carbocycles. The molecule has 0 N–H and O–H groups in total. The van der Waals surface area contributed by atoms with E-state index >= 15 is 0 Å². The van der Waals surface area contributed by atoms with Crippen LogP contribution in [0, 0.1) is 0 Å². The van der Waals surface area contributed by atoms with Gasteiger partial charge in [0.05, 0.1) is 0 Å². The molecule has 0 fully saturated rings. The van der Waals surface area contributed by atoms with Gasteiger partial charge in [0.25, 0.3) is 0 Å². The van der Waals surface area contributed by atoms with Gasteiger partial charge in [-0.25, -0.2) is 0 Å². The molecule has 0 nitrogen and oxygen atoms in total. The second kappa shape index (κ2) is 8.06. The van der Waals surface area contributed by atoms with Gasteiger partial charge in [0.1, 0.15) is 0 Å². The zero-order valence-corrected chi connectivity index (χ0v) is 23.1. The molecule has 0 saturated heterocycles. The monoisotopic (exact) mass is 554 g/mol. The Kier molecular flexibility index (Phi) is 4.45. The van der Waals surface area contributed by atoms with Gasteiger partial charge in [-0.1, -0.05) is 0 Å². The first-order valence-electron chi connectivity index (χ1n) is 13.5. The molecule has 0 atom stereocenters. The fourth-order valence-corrected chi connectivity index (χ4v) is 12.2. The van der Waals surface area contributed by atoms with Gasteiger partial charge in [-0.3, -0.25) is 0 Å². The van der Waals surface area contributed by atoms with Gasteiger partial charge in [-0.05, 0) is 0 Å². The minimum absolute atomic E-state index is 1.32. The minimum atomic E-state index is -1.94. The van der Waals surface area contributed by atoms with Crippen LogP contribution in [0.4, 0.5) is 0 Å². The molecule has 0 spiro atoms. The first-order valence-corrected chi connectivity index (χ1v) is 16.3. The Labute approximate surface area is 231 Å². The summed E-state index contributed by atoms with van der Waals surface area (Å²) in [5.41, 5.74) is 0. The van der Waals surface area contributed by atoms with Gasteiger partial charge in [0.15, 0.2) is 0 Å². The Bertz CT molecular complexity index is 2150. The predicted octanol–water partition coefficient (Wildman–Crippen LogP) is 8.00. The molecule has 0 unspecified atom stereocenters. The van der Waals surface area contributed by atoms with Gasteiger partial charge in [0, 0.05) is 0 Å². The average Bonchev–Trinajstić information content (AvgIpc) is 3.00. The van der Waals surface area contributed by atoms with Gasteiger partial charge in [0.2, 0.25) is 0 Å². The van der Waals surface area contributed by atoms with Crippen LogP contribution in [0.25, 0.3) is 64.6 Å². The third-order valence-electron chi connectivity index (χ3n) is 8.51. The second-order valence-electron chi connectivity index (χ2n) is 10.6. The standard InChI is InChI=1S/C38H23As/c1-2-10-30(11-3-1)39(33-22-18-28-14-12-24-6-4-8-26-16-20-31(33)37(28)35(24)26)34-23-19-29-15-13-25-7-5-9-27-17-21-32(34)38(29)36(25)27/h1-23H. The Morgan fingerprint density at radius 2 is 0.667 bits per heavy atom. The molecule has 1 heteroatoms. The maximum absolute atomic E-state index is 2.44. The summed E-state index contributed by atoms with van der Waals surface area (Å²) in [5.74, 6) is 0. The second-order valence-corrected chi connectivity index (χ2v) is 15.1. The van der Waals surface area contributed by atoms with Crippen molar-refractivity contribution in [2.75, 3.05) is 0 Å². The van der Waals surface area contributed by atoms with E-state index in [-0.39, 0.29) is 0 Å². The van der Waals surface area contributed by atoms with Crippen molar-refractivity contribution in [3.63, 3.8) is 0 Å². The van der Waals surface area contributed by atoms with Crippen LogP contribution in [0.3, 0.4) is 0 Å². The van der Waals surface area contributed by atoms with Crippen LogP contribution >= 0.6 is 0 Å². The molecule has 9 aromatic rings. The van der Waals surface area contributed by atoms with E-state index in [9.17, 15) is 0 Å². The number of hydrogen-bond donors (Lipinski definition) is 0. The van der Waals surface area contributed by atoms with E-state index in [2.05, 4.69) is 140 Å². The molecule has 0 aliphatic heterocycles. The van der Waals surface area contributed by atoms with Gasteiger partial charge < -0.3 is 0 Å². The van der Waals surface area contributed by atoms with Gasteiger partial charge >= 0.3 is 232 Å². The fourth-order valence-electron chi connectivity index (χ4n) is 6.81. The van der Waals surface area contributed by atoms with Crippen LogP contribution in [0.2, 0.25) is 0 Å². The molecule has 0 bridgehead atoms. The Hall–Kier alpha value is -4.38. The van der Waals surface area contributed by atoms with Crippen LogP contribution in [0.15, 0.2) is 140 Å². The normalized spacial score (nSPS) is 12.3. The summed E-state index contributed by atoms with van der Waals surface area (Å²) in [7, 11) is 0. The molecule has 39 heavy (non-hydrogen) atoms. The van der Waals surface area contributed by atoms with Crippen molar-refractivity contribution in [1.29, 1.82) is 0 Å². The van der Waals surface area contributed by atoms with Crippen molar-refractivity contribution in [2.45, 2.75) is 0 Å². The summed E-state index contributed by atoms with van der Waals surface area (Å²) >= 11 is -1.94. The van der Waals surface area contributed by atoms with Gasteiger partial charge in [-0.2, -0.15) is 0 Å². The summed E-state index contributed by atoms with van der Waals surface area (Å²) < 4.78 is 4.49. The Morgan fingerprint density at radius 3 is 1.13 bits per heavy atom. The van der Waals surface area contributed by atoms with E-state index < -0.39 is 14.7 Å². The molecule has 0 aromatic heterocycles. The zero-order valence-electron chi connectivity index (χ0n) is 21.2. The molecule has 0 aliphatic rings. The van der Waals surface area contributed by atoms with E-state index in [4.69, 9.17) is 0 Å². The van der Waals surface area contributed by atoms with E-state index in [1.807, 2.05) is 0 Å². The van der Waals surface area contributed by atoms with E-state index in [0.717, 1.165) is 0 Å². The van der Waals surface area contributed by atoms with Crippen molar-refractivity contribution in [2.24, 2.45) is 0 Å². The molecule has 0 aliphatic carbocycles. The molecule has 180 valence electrons. The summed E-state index contributed by atoms with van der Waals surface area (Å²) in [6.45, 7) is 0. The van der Waals surface area contributed by atoms with Crippen molar-refractivity contribution >= 4 is 92.3 Å². The summed E-state index contributed by atoms with van der Waals surface area (Å²) in [6, 6.07) is 52.8. The molecule has 0 amide bonds. The van der Waals surface area contributed by atoms with Crippen molar-refractivity contribution < 1.29 is 0 Å². The summed E-state index contributed by atoms with van der Waals surface area (Å²) in [6.07, 6.45) is 0. The van der Waals surface area contributed by atoms with Crippen LogP contribution in [-0.4, -0.2) is 14.7 Å². The van der Waals surface area contributed by atoms with Crippen molar-refractivity contribution in [3.8, 4) is 0 Å². The van der Waals surface area contributed by atoms with Crippen LogP contribution < -0.4 is 13.1 Å². The molecule has 9 aromatic carbocycles. The average molecular weight is 555 g/mol. The summed E-state index contributed by atoms with van der Waals surface area (Å²) in [4.78, 5) is 0. The van der Waals surface area contributed by atoms with Gasteiger partial charge in [-0.15, -0.1) is 0 Å². The van der Waals surface area contributed by atoms with Crippen LogP contribution in [0.1, 0.15) is 0 Å². The van der Waals surface area contributed by atoms with Crippen molar-refractivity contribution in [3.05, 3.63) is 140 Å². The summed E-state index contributed by atoms with van der Waals surface area (Å²) in [5, 5.41) is 16.4. The number of hydrogen-bond acceptors (Lipinski definition) is 0. The Balaban J connectivity index is 1.42. The predicted molar refractivity (Wildman–Crippen MR) is 171 cm³/mol. The van der Waals surface area contributed by atoms with Crippen molar-refractivity contribution in [1.82, 2.24) is 0 Å². The third-order valence-corrected chi connectivity index (χ3v) is 13.9. The van der Waals surface area contributed by atoms with Crippen LogP contribution in [-0.2, 0) is 0 Å². The number of benzene rings is 9. The topological polar surface area (TPSA) is 0 Å². The number of rotatable bonds is 3. The van der Waals surface area contributed by atoms with Crippen LogP contribution in [0.5, 0.6) is 0 Å². The van der Waals surface area contributed by atoms with E-state index in [1.54, 1.807) is 0 Å². The molecular formula is C38H23As. The van der Waals surface area contributed by atoms with E-state index in [0.29, 0.717) is 0 Å². The first kappa shape index (κ1) is 21.5. The molecular weight excluding hydrogens is 531 g/mol. The third kappa shape index (κ3) is 3.01. The SMILES string of the molecule is c1ccc([As](c2ccc3ccc4cccc5ccc2c3c45)c2ccc3ccc4cccc5ccc2c3c45)cc1. The quantitative estimate of drug-likeness (QED) is 0.153. The molecule has 0 heterocycles. The first-order chi connectivity index (χ1) is 19.3. The molecule has 0 radical (unpaired) electrons. The maximum atomic E-state index is 2.44. The van der Waals surface area contributed by atoms with E-state index in [1.165, 1.54) is 77.7 Å².